The van der Waals surface area contributed by atoms with Crippen LogP contribution in [0.15, 0.2) is 9.85 Å². The van der Waals surface area contributed by atoms with Gasteiger partial charge in [0.1, 0.15) is 5.60 Å². The number of hydrogen-bond acceptors (Lipinski definition) is 4. The van der Waals surface area contributed by atoms with Gasteiger partial charge in [0.25, 0.3) is 0 Å². The summed E-state index contributed by atoms with van der Waals surface area (Å²) in [4.78, 5) is 14.9. The minimum atomic E-state index is -0.502. The molecule has 106 valence electrons. The van der Waals surface area contributed by atoms with Gasteiger partial charge in [-0.15, -0.1) is 11.3 Å². The lowest BCUT2D eigenvalue weighted by Gasteiger charge is -2.32. The molecule has 0 bridgehead atoms. The SMILES string of the molecule is CN(C(=O)OC(C)(C)C)[C@@H]1OCCc2sc(Br)cc21. The van der Waals surface area contributed by atoms with Gasteiger partial charge in [0.05, 0.1) is 10.4 Å². The first-order valence-electron chi connectivity index (χ1n) is 6.13. The molecule has 0 aliphatic carbocycles. The highest BCUT2D eigenvalue weighted by molar-refractivity contribution is 9.11. The molecule has 0 unspecified atom stereocenters. The van der Waals surface area contributed by atoms with Crippen molar-refractivity contribution in [2.24, 2.45) is 0 Å². The van der Waals surface area contributed by atoms with Crippen LogP contribution in [0.1, 0.15) is 37.4 Å². The molecule has 4 nitrogen and oxygen atoms in total. The maximum Gasteiger partial charge on any atom is 0.412 e. The van der Waals surface area contributed by atoms with E-state index >= 15 is 0 Å². The third-order valence-electron chi connectivity index (χ3n) is 2.72. The van der Waals surface area contributed by atoms with Crippen LogP contribution < -0.4 is 0 Å². The third kappa shape index (κ3) is 3.49. The summed E-state index contributed by atoms with van der Waals surface area (Å²) in [5, 5.41) is 0. The van der Waals surface area contributed by atoms with E-state index in [1.54, 1.807) is 18.4 Å². The van der Waals surface area contributed by atoms with Crippen molar-refractivity contribution in [3.05, 3.63) is 20.3 Å². The molecule has 0 aromatic carbocycles. The van der Waals surface area contributed by atoms with Crippen molar-refractivity contribution in [1.29, 1.82) is 0 Å². The molecule has 1 aromatic heterocycles. The average molecular weight is 348 g/mol. The fourth-order valence-electron chi connectivity index (χ4n) is 1.92. The van der Waals surface area contributed by atoms with E-state index in [4.69, 9.17) is 9.47 Å². The molecule has 1 atom stereocenters. The Bertz CT molecular complexity index is 481. The van der Waals surface area contributed by atoms with E-state index in [9.17, 15) is 4.79 Å². The van der Waals surface area contributed by atoms with Crippen LogP contribution in [0.5, 0.6) is 0 Å². The smallest absolute Gasteiger partial charge is 0.412 e. The highest BCUT2D eigenvalue weighted by Gasteiger charge is 2.31. The normalized spacial score (nSPS) is 18.9. The van der Waals surface area contributed by atoms with Crippen molar-refractivity contribution in [2.45, 2.75) is 39.0 Å². The van der Waals surface area contributed by atoms with Crippen molar-refractivity contribution >= 4 is 33.4 Å². The summed E-state index contributed by atoms with van der Waals surface area (Å²) in [5.74, 6) is 0. The van der Waals surface area contributed by atoms with Gasteiger partial charge in [0.2, 0.25) is 0 Å². The molecular weight excluding hydrogens is 330 g/mol. The summed E-state index contributed by atoms with van der Waals surface area (Å²) in [7, 11) is 1.71. The minimum Gasteiger partial charge on any atom is -0.444 e. The Balaban J connectivity index is 2.16. The van der Waals surface area contributed by atoms with E-state index in [-0.39, 0.29) is 12.3 Å². The fourth-order valence-corrected chi connectivity index (χ4v) is 3.63. The number of hydrogen-bond donors (Lipinski definition) is 0. The quantitative estimate of drug-likeness (QED) is 0.771. The van der Waals surface area contributed by atoms with Gasteiger partial charge in [-0.25, -0.2) is 4.79 Å². The molecule has 2 heterocycles. The Morgan fingerprint density at radius 1 is 1.58 bits per heavy atom. The second kappa shape index (κ2) is 5.42. The van der Waals surface area contributed by atoms with Crippen LogP contribution in [0, 0.1) is 0 Å². The van der Waals surface area contributed by atoms with Gasteiger partial charge in [-0.1, -0.05) is 0 Å². The number of nitrogens with zero attached hydrogens (tertiary/aromatic N) is 1. The molecule has 1 amide bonds. The van der Waals surface area contributed by atoms with Crippen molar-refractivity contribution in [1.82, 2.24) is 4.90 Å². The Labute approximate surface area is 125 Å². The molecule has 0 radical (unpaired) electrons. The lowest BCUT2D eigenvalue weighted by atomic mass is 10.1. The summed E-state index contributed by atoms with van der Waals surface area (Å²) in [6, 6.07) is 2.02. The summed E-state index contributed by atoms with van der Waals surface area (Å²) in [6.07, 6.45) is 0.165. The molecule has 0 saturated carbocycles. The van der Waals surface area contributed by atoms with Crippen LogP contribution in [0.4, 0.5) is 4.79 Å². The number of thiophene rings is 1. The Kier molecular flexibility index (Phi) is 4.23. The summed E-state index contributed by atoms with van der Waals surface area (Å²) >= 11 is 5.18. The van der Waals surface area contributed by atoms with Crippen LogP contribution in [0.25, 0.3) is 0 Å². The summed E-state index contributed by atoms with van der Waals surface area (Å²) in [5.41, 5.74) is 0.550. The lowest BCUT2D eigenvalue weighted by molar-refractivity contribution is -0.0655. The number of amides is 1. The molecule has 6 heteroatoms. The molecular formula is C13H18BrNO3S. The molecule has 1 aromatic rings. The number of halogens is 1. The maximum absolute atomic E-state index is 12.1. The first-order valence-corrected chi connectivity index (χ1v) is 7.74. The molecule has 1 aliphatic heterocycles. The zero-order valence-electron chi connectivity index (χ0n) is 11.5. The first-order chi connectivity index (χ1) is 8.78. The van der Waals surface area contributed by atoms with E-state index in [1.165, 1.54) is 9.78 Å². The molecule has 0 spiro atoms. The third-order valence-corrected chi connectivity index (χ3v) is 4.43. The van der Waals surface area contributed by atoms with Gasteiger partial charge in [0, 0.05) is 23.9 Å². The van der Waals surface area contributed by atoms with Gasteiger partial charge in [-0.3, -0.25) is 4.90 Å². The van der Waals surface area contributed by atoms with Crippen LogP contribution in [0.2, 0.25) is 0 Å². The van der Waals surface area contributed by atoms with Gasteiger partial charge < -0.3 is 9.47 Å². The van der Waals surface area contributed by atoms with Gasteiger partial charge >= 0.3 is 6.09 Å². The zero-order valence-corrected chi connectivity index (χ0v) is 13.9. The Morgan fingerprint density at radius 2 is 2.26 bits per heavy atom. The highest BCUT2D eigenvalue weighted by Crippen LogP contribution is 2.37. The molecule has 0 fully saturated rings. The lowest BCUT2D eigenvalue weighted by Crippen LogP contribution is -2.39. The second-order valence-electron chi connectivity index (χ2n) is 5.49. The fraction of sp³-hybridized carbons (Fsp3) is 0.615. The van der Waals surface area contributed by atoms with Crippen molar-refractivity contribution in [2.75, 3.05) is 13.7 Å². The number of carbonyl (C=O) groups is 1. The molecule has 0 N–H and O–H groups in total. The number of fused-ring (bicyclic) bond motifs is 1. The Morgan fingerprint density at radius 3 is 2.89 bits per heavy atom. The van der Waals surface area contributed by atoms with Crippen LogP contribution >= 0.6 is 27.3 Å². The largest absolute Gasteiger partial charge is 0.444 e. The molecule has 1 aliphatic rings. The average Bonchev–Trinajstić information content (AvgIpc) is 2.65. The van der Waals surface area contributed by atoms with Crippen molar-refractivity contribution < 1.29 is 14.3 Å². The van der Waals surface area contributed by atoms with Gasteiger partial charge in [-0.05, 0) is 42.8 Å². The van der Waals surface area contributed by atoms with E-state index < -0.39 is 5.60 Å². The number of ether oxygens (including phenoxy) is 2. The summed E-state index contributed by atoms with van der Waals surface area (Å²) < 4.78 is 12.2. The first kappa shape index (κ1) is 14.8. The van der Waals surface area contributed by atoms with Crippen molar-refractivity contribution in [3.63, 3.8) is 0 Å². The van der Waals surface area contributed by atoms with Crippen LogP contribution in [0.3, 0.4) is 0 Å². The monoisotopic (exact) mass is 347 g/mol. The van der Waals surface area contributed by atoms with E-state index in [1.807, 2.05) is 26.8 Å². The van der Waals surface area contributed by atoms with Gasteiger partial charge in [0.15, 0.2) is 6.23 Å². The van der Waals surface area contributed by atoms with Gasteiger partial charge in [-0.2, -0.15) is 0 Å². The van der Waals surface area contributed by atoms with Crippen LogP contribution in [-0.2, 0) is 15.9 Å². The Hall–Kier alpha value is -0.590. The highest BCUT2D eigenvalue weighted by atomic mass is 79.9. The standard InChI is InChI=1S/C13H18BrNO3S/c1-13(2,3)18-12(16)15(4)11-8-7-10(14)19-9(8)5-6-17-11/h7,11H,5-6H2,1-4H3/t11-/m1/s1. The zero-order chi connectivity index (χ0) is 14.2. The van der Waals surface area contributed by atoms with Crippen LogP contribution in [-0.4, -0.2) is 30.2 Å². The molecule has 2 rings (SSSR count). The van der Waals surface area contributed by atoms with E-state index in [0.29, 0.717) is 6.61 Å². The van der Waals surface area contributed by atoms with E-state index in [2.05, 4.69) is 15.9 Å². The predicted molar refractivity (Wildman–Crippen MR) is 78.4 cm³/mol. The predicted octanol–water partition coefficient (Wildman–Crippen LogP) is 3.95. The van der Waals surface area contributed by atoms with E-state index in [0.717, 1.165) is 15.8 Å². The number of carbonyl (C=O) groups excluding carboxylic acids is 1. The minimum absolute atomic E-state index is 0.360. The summed E-state index contributed by atoms with van der Waals surface area (Å²) in [6.45, 7) is 6.19. The van der Waals surface area contributed by atoms with Crippen molar-refractivity contribution in [3.8, 4) is 0 Å². The molecule has 19 heavy (non-hydrogen) atoms. The maximum atomic E-state index is 12.1. The number of rotatable bonds is 1. The second-order valence-corrected chi connectivity index (χ2v) is 8.01. The topological polar surface area (TPSA) is 38.8 Å². The molecule has 0 saturated heterocycles.